The molecular formula is C20H28ClN3O4S. The van der Waals surface area contributed by atoms with E-state index < -0.39 is 26.9 Å². The third-order valence-corrected chi connectivity index (χ3v) is 8.63. The monoisotopic (exact) mass is 441 g/mol. The Kier molecular flexibility index (Phi) is 6.45. The number of carbonyl (C=O) groups is 1. The third kappa shape index (κ3) is 4.39. The molecule has 0 bridgehead atoms. The van der Waals surface area contributed by atoms with Crippen LogP contribution in [0.2, 0.25) is 5.02 Å². The average Bonchev–Trinajstić information content (AvgIpc) is 3.27. The highest BCUT2D eigenvalue weighted by atomic mass is 35.5. The maximum Gasteiger partial charge on any atom is 0.319 e. The zero-order valence-electron chi connectivity index (χ0n) is 16.9. The van der Waals surface area contributed by atoms with Gasteiger partial charge in [-0.25, -0.2) is 13.2 Å². The van der Waals surface area contributed by atoms with E-state index >= 15 is 0 Å². The SMILES string of the molecule is CC1=CCC[C@H]1NC(=O)Nc1ccc(Cl)c(S(=O)(=O)[C@H]2CCC[C@H]2N(C)C)c1O. The molecule has 3 N–H and O–H groups in total. The molecule has 1 aromatic rings. The average molecular weight is 442 g/mol. The van der Waals surface area contributed by atoms with Crippen molar-refractivity contribution in [1.29, 1.82) is 0 Å². The van der Waals surface area contributed by atoms with E-state index in [9.17, 15) is 18.3 Å². The summed E-state index contributed by atoms with van der Waals surface area (Å²) in [6, 6.07) is 2.09. The lowest BCUT2D eigenvalue weighted by Crippen LogP contribution is -2.39. The molecule has 0 aromatic heterocycles. The Morgan fingerprint density at radius 2 is 1.97 bits per heavy atom. The number of nitrogens with one attached hydrogen (secondary N) is 2. The number of aromatic hydroxyl groups is 1. The number of rotatable bonds is 5. The molecule has 29 heavy (non-hydrogen) atoms. The number of hydrogen-bond donors (Lipinski definition) is 3. The summed E-state index contributed by atoms with van der Waals surface area (Å²) in [6.45, 7) is 1.95. The Balaban J connectivity index is 1.87. The largest absolute Gasteiger partial charge is 0.504 e. The molecule has 1 saturated carbocycles. The van der Waals surface area contributed by atoms with Crippen molar-refractivity contribution in [1.82, 2.24) is 10.2 Å². The molecule has 2 aliphatic rings. The fraction of sp³-hybridized carbons (Fsp3) is 0.550. The maximum atomic E-state index is 13.3. The molecule has 1 aromatic carbocycles. The van der Waals surface area contributed by atoms with Gasteiger partial charge in [-0.2, -0.15) is 0 Å². The van der Waals surface area contributed by atoms with E-state index in [0.29, 0.717) is 6.42 Å². The van der Waals surface area contributed by atoms with Crippen LogP contribution >= 0.6 is 11.6 Å². The number of nitrogens with zero attached hydrogens (tertiary/aromatic N) is 1. The number of benzene rings is 1. The van der Waals surface area contributed by atoms with Gasteiger partial charge in [0.05, 0.1) is 22.0 Å². The van der Waals surface area contributed by atoms with Gasteiger partial charge in [0.1, 0.15) is 4.90 Å². The molecule has 160 valence electrons. The highest BCUT2D eigenvalue weighted by molar-refractivity contribution is 7.92. The molecule has 1 fully saturated rings. The zero-order chi connectivity index (χ0) is 21.3. The van der Waals surface area contributed by atoms with Crippen molar-refractivity contribution in [2.24, 2.45) is 0 Å². The number of carbonyl (C=O) groups excluding carboxylic acids is 1. The summed E-state index contributed by atoms with van der Waals surface area (Å²) in [5, 5.41) is 15.4. The minimum atomic E-state index is -3.89. The molecule has 2 aliphatic carbocycles. The first-order chi connectivity index (χ1) is 13.6. The molecule has 2 amide bonds. The normalized spacial score (nSPS) is 24.6. The topological polar surface area (TPSA) is 98.7 Å². The van der Waals surface area contributed by atoms with Gasteiger partial charge in [-0.1, -0.05) is 29.7 Å². The lowest BCUT2D eigenvalue weighted by molar-refractivity contribution is 0.249. The van der Waals surface area contributed by atoms with Crippen molar-refractivity contribution < 1.29 is 18.3 Å². The van der Waals surface area contributed by atoms with E-state index in [0.717, 1.165) is 31.3 Å². The van der Waals surface area contributed by atoms with Gasteiger partial charge in [0.25, 0.3) is 0 Å². The Bertz CT molecular complexity index is 930. The van der Waals surface area contributed by atoms with Crippen molar-refractivity contribution in [3.63, 3.8) is 0 Å². The van der Waals surface area contributed by atoms with Gasteiger partial charge in [-0.05, 0) is 58.8 Å². The molecule has 3 atom stereocenters. The summed E-state index contributed by atoms with van der Waals surface area (Å²) < 4.78 is 26.7. The van der Waals surface area contributed by atoms with Crippen LogP contribution in [-0.4, -0.2) is 55.9 Å². The summed E-state index contributed by atoms with van der Waals surface area (Å²) in [6.07, 6.45) is 5.85. The molecule has 0 spiro atoms. The maximum absolute atomic E-state index is 13.3. The molecule has 0 radical (unpaired) electrons. The van der Waals surface area contributed by atoms with Crippen molar-refractivity contribution >= 4 is 33.2 Å². The van der Waals surface area contributed by atoms with Crippen LogP contribution in [-0.2, 0) is 9.84 Å². The number of anilines is 1. The minimum absolute atomic E-state index is 0.0181. The molecule has 7 nitrogen and oxygen atoms in total. The van der Waals surface area contributed by atoms with Crippen molar-refractivity contribution in [2.45, 2.75) is 61.3 Å². The number of allylic oxidation sites excluding steroid dienone is 1. The Labute approximate surface area is 177 Å². The highest BCUT2D eigenvalue weighted by Crippen LogP contribution is 2.42. The fourth-order valence-electron chi connectivity index (χ4n) is 4.28. The van der Waals surface area contributed by atoms with Gasteiger partial charge in [-0.3, -0.25) is 0 Å². The van der Waals surface area contributed by atoms with Crippen LogP contribution in [0.1, 0.15) is 39.0 Å². The van der Waals surface area contributed by atoms with E-state index in [1.165, 1.54) is 12.1 Å². The van der Waals surface area contributed by atoms with E-state index in [1.807, 2.05) is 25.9 Å². The molecule has 3 rings (SSSR count). The Morgan fingerprint density at radius 3 is 2.59 bits per heavy atom. The molecule has 0 heterocycles. The number of urea groups is 1. The minimum Gasteiger partial charge on any atom is -0.504 e. The summed E-state index contributed by atoms with van der Waals surface area (Å²) >= 11 is 6.20. The number of hydrogen-bond acceptors (Lipinski definition) is 5. The van der Waals surface area contributed by atoms with Gasteiger partial charge >= 0.3 is 6.03 Å². The summed E-state index contributed by atoms with van der Waals surface area (Å²) in [5.41, 5.74) is 1.10. The van der Waals surface area contributed by atoms with E-state index in [-0.39, 0.29) is 27.7 Å². The van der Waals surface area contributed by atoms with Crippen LogP contribution in [0, 0.1) is 0 Å². The molecule has 0 aliphatic heterocycles. The smallest absolute Gasteiger partial charge is 0.319 e. The zero-order valence-corrected chi connectivity index (χ0v) is 18.5. The molecular weight excluding hydrogens is 414 g/mol. The lowest BCUT2D eigenvalue weighted by Gasteiger charge is -2.27. The summed E-state index contributed by atoms with van der Waals surface area (Å²) in [7, 11) is -0.190. The van der Waals surface area contributed by atoms with Crippen molar-refractivity contribution in [2.75, 3.05) is 19.4 Å². The predicted octanol–water partition coefficient (Wildman–Crippen LogP) is 3.53. The second-order valence-electron chi connectivity index (χ2n) is 7.99. The van der Waals surface area contributed by atoms with Crippen LogP contribution in [0.15, 0.2) is 28.7 Å². The van der Waals surface area contributed by atoms with Gasteiger partial charge in [0.15, 0.2) is 15.6 Å². The van der Waals surface area contributed by atoms with Crippen LogP contribution in [0.3, 0.4) is 0 Å². The summed E-state index contributed by atoms with van der Waals surface area (Å²) in [5.74, 6) is -0.518. The third-order valence-electron chi connectivity index (χ3n) is 5.87. The van der Waals surface area contributed by atoms with E-state index in [2.05, 4.69) is 16.7 Å². The second kappa shape index (κ2) is 8.53. The second-order valence-corrected chi connectivity index (χ2v) is 10.5. The first-order valence-electron chi connectivity index (χ1n) is 9.79. The predicted molar refractivity (Wildman–Crippen MR) is 114 cm³/mol. The number of sulfone groups is 1. The molecule has 0 saturated heterocycles. The first kappa shape index (κ1) is 21.9. The number of halogens is 1. The number of phenols is 1. The first-order valence-corrected chi connectivity index (χ1v) is 11.7. The standard InChI is InChI=1S/C20H28ClN3O4S/c1-12-6-4-7-14(12)22-20(26)23-15-11-10-13(21)19(18(15)25)29(27,28)17-9-5-8-16(17)24(2)3/h6,10-11,14,16-17,25H,4-5,7-9H2,1-3H3,(H2,22,23,26)/t14-,16-,17+/m1/s1. The van der Waals surface area contributed by atoms with Crippen LogP contribution < -0.4 is 10.6 Å². The van der Waals surface area contributed by atoms with E-state index in [4.69, 9.17) is 11.6 Å². The van der Waals surface area contributed by atoms with Crippen molar-refractivity contribution in [3.05, 3.63) is 28.8 Å². The van der Waals surface area contributed by atoms with Crippen LogP contribution in [0.25, 0.3) is 0 Å². The lowest BCUT2D eigenvalue weighted by atomic mass is 10.2. The number of phenolic OH excluding ortho intramolecular Hbond substituents is 1. The molecule has 0 unspecified atom stereocenters. The Hall–Kier alpha value is -1.77. The van der Waals surface area contributed by atoms with Crippen LogP contribution in [0.4, 0.5) is 10.5 Å². The van der Waals surface area contributed by atoms with E-state index in [1.54, 1.807) is 0 Å². The van der Waals surface area contributed by atoms with Crippen LogP contribution in [0.5, 0.6) is 5.75 Å². The van der Waals surface area contributed by atoms with Gasteiger partial charge in [0.2, 0.25) is 0 Å². The quantitative estimate of drug-likeness (QED) is 0.479. The highest BCUT2D eigenvalue weighted by Gasteiger charge is 2.42. The summed E-state index contributed by atoms with van der Waals surface area (Å²) in [4.78, 5) is 13.9. The fourth-order valence-corrected chi connectivity index (χ4v) is 7.05. The Morgan fingerprint density at radius 1 is 1.24 bits per heavy atom. The van der Waals surface area contributed by atoms with Gasteiger partial charge in [-0.15, -0.1) is 0 Å². The van der Waals surface area contributed by atoms with Crippen molar-refractivity contribution in [3.8, 4) is 5.75 Å². The molecule has 9 heteroatoms. The van der Waals surface area contributed by atoms with Gasteiger partial charge < -0.3 is 20.6 Å². The number of amides is 2. The van der Waals surface area contributed by atoms with Gasteiger partial charge in [0, 0.05) is 6.04 Å².